The zero-order chi connectivity index (χ0) is 21.1. The van der Waals surface area contributed by atoms with Crippen LogP contribution in [0.3, 0.4) is 0 Å². The summed E-state index contributed by atoms with van der Waals surface area (Å²) in [5.41, 5.74) is 4.05. The quantitative estimate of drug-likeness (QED) is 0.659. The van der Waals surface area contributed by atoms with Crippen molar-refractivity contribution in [3.8, 4) is 0 Å². The molecule has 0 radical (unpaired) electrons. The molecule has 0 saturated heterocycles. The maximum atomic E-state index is 13.2. The van der Waals surface area contributed by atoms with Crippen molar-refractivity contribution in [2.45, 2.75) is 50.0 Å². The van der Waals surface area contributed by atoms with Crippen LogP contribution in [0.2, 0.25) is 0 Å². The maximum absolute atomic E-state index is 13.2. The lowest BCUT2D eigenvalue weighted by molar-refractivity contribution is -0.122. The molecule has 3 aromatic rings. The third-order valence-electron chi connectivity index (χ3n) is 5.46. The van der Waals surface area contributed by atoms with Gasteiger partial charge in [-0.25, -0.2) is 13.1 Å². The number of aromatic nitrogens is 2. The Bertz CT molecular complexity index is 1110. The van der Waals surface area contributed by atoms with Crippen LogP contribution in [0, 0.1) is 6.92 Å². The number of nitrogens with one attached hydrogen (secondary N) is 1. The molecule has 0 saturated carbocycles. The monoisotopic (exact) mass is 423 g/mol. The van der Waals surface area contributed by atoms with E-state index in [4.69, 9.17) is 0 Å². The van der Waals surface area contributed by atoms with E-state index in [2.05, 4.69) is 9.82 Å². The number of aryl methyl sites for hydroxylation is 3. The van der Waals surface area contributed by atoms with Gasteiger partial charge in [-0.05, 0) is 55.9 Å². The average Bonchev–Trinajstić information content (AvgIpc) is 3.16. The second-order valence-electron chi connectivity index (χ2n) is 7.78. The van der Waals surface area contributed by atoms with Gasteiger partial charge >= 0.3 is 0 Å². The standard InChI is InChI=1S/C23H25N3O3S/c1-17-11-13-20(14-12-17)30(28,29)25-23(27)22(15-18-7-3-2-4-8-18)26-16-19-9-5-6-10-21(19)24-26/h2-4,7-8,11-14,16,22H,5-6,9-10,15H2,1H3,(H,25,27). The highest BCUT2D eigenvalue weighted by atomic mass is 32.2. The molecule has 1 heterocycles. The highest BCUT2D eigenvalue weighted by molar-refractivity contribution is 7.90. The topological polar surface area (TPSA) is 81.1 Å². The van der Waals surface area contributed by atoms with Crippen molar-refractivity contribution in [2.75, 3.05) is 0 Å². The number of amides is 1. The van der Waals surface area contributed by atoms with E-state index < -0.39 is 22.0 Å². The van der Waals surface area contributed by atoms with Crippen LogP contribution in [0.4, 0.5) is 0 Å². The van der Waals surface area contributed by atoms with Crippen LogP contribution in [0.1, 0.15) is 41.3 Å². The molecule has 1 N–H and O–H groups in total. The lowest BCUT2D eigenvalue weighted by Gasteiger charge is -2.18. The van der Waals surface area contributed by atoms with Crippen LogP contribution in [0.15, 0.2) is 65.7 Å². The minimum Gasteiger partial charge on any atom is -0.272 e. The molecule has 1 aromatic heterocycles. The Morgan fingerprint density at radius 1 is 1.07 bits per heavy atom. The van der Waals surface area contributed by atoms with E-state index in [0.29, 0.717) is 6.42 Å². The first-order valence-corrected chi connectivity index (χ1v) is 11.6. The van der Waals surface area contributed by atoms with E-state index in [1.807, 2.05) is 43.5 Å². The number of rotatable bonds is 6. The molecule has 1 aliphatic rings. The number of nitrogens with zero attached hydrogens (tertiary/aromatic N) is 2. The molecule has 6 nitrogen and oxygen atoms in total. The summed E-state index contributed by atoms with van der Waals surface area (Å²) in [6, 6.07) is 15.3. The number of hydrogen-bond acceptors (Lipinski definition) is 4. The molecule has 0 fully saturated rings. The lowest BCUT2D eigenvalue weighted by Crippen LogP contribution is -2.38. The van der Waals surface area contributed by atoms with Crippen molar-refractivity contribution in [1.29, 1.82) is 0 Å². The molecule has 1 atom stereocenters. The molecular weight excluding hydrogens is 398 g/mol. The first-order chi connectivity index (χ1) is 14.4. The highest BCUT2D eigenvalue weighted by Crippen LogP contribution is 2.23. The number of sulfonamides is 1. The van der Waals surface area contributed by atoms with Crippen molar-refractivity contribution < 1.29 is 13.2 Å². The first-order valence-electron chi connectivity index (χ1n) is 10.2. The summed E-state index contributed by atoms with van der Waals surface area (Å²) in [7, 11) is -3.96. The molecule has 7 heteroatoms. The number of benzene rings is 2. The van der Waals surface area contributed by atoms with Crippen LogP contribution in [-0.4, -0.2) is 24.1 Å². The zero-order valence-corrected chi connectivity index (χ0v) is 17.7. The lowest BCUT2D eigenvalue weighted by atomic mass is 9.99. The van der Waals surface area contributed by atoms with Gasteiger partial charge in [-0.3, -0.25) is 9.48 Å². The maximum Gasteiger partial charge on any atom is 0.264 e. The summed E-state index contributed by atoms with van der Waals surface area (Å²) in [4.78, 5) is 13.2. The molecule has 0 aliphatic heterocycles. The summed E-state index contributed by atoms with van der Waals surface area (Å²) in [5.74, 6) is -0.584. The zero-order valence-electron chi connectivity index (χ0n) is 16.9. The fourth-order valence-corrected chi connectivity index (χ4v) is 4.79. The number of fused-ring (bicyclic) bond motifs is 1. The van der Waals surface area contributed by atoms with E-state index in [1.165, 1.54) is 12.1 Å². The molecular formula is C23H25N3O3S. The highest BCUT2D eigenvalue weighted by Gasteiger charge is 2.28. The van der Waals surface area contributed by atoms with Crippen LogP contribution in [-0.2, 0) is 34.1 Å². The summed E-state index contributed by atoms with van der Waals surface area (Å²) in [5, 5.41) is 4.64. The number of hydrogen-bond donors (Lipinski definition) is 1. The second kappa shape index (κ2) is 8.44. The summed E-state index contributed by atoms with van der Waals surface area (Å²) in [6.07, 6.45) is 6.29. The van der Waals surface area contributed by atoms with E-state index in [0.717, 1.165) is 48.1 Å². The van der Waals surface area contributed by atoms with Gasteiger partial charge in [-0.15, -0.1) is 0 Å². The van der Waals surface area contributed by atoms with Crippen molar-refractivity contribution in [3.63, 3.8) is 0 Å². The smallest absolute Gasteiger partial charge is 0.264 e. The van der Waals surface area contributed by atoms with Gasteiger partial charge in [0.1, 0.15) is 6.04 Å². The third-order valence-corrected chi connectivity index (χ3v) is 6.83. The molecule has 1 amide bonds. The first kappa shape index (κ1) is 20.3. The average molecular weight is 424 g/mol. The predicted octanol–water partition coefficient (Wildman–Crippen LogP) is 3.36. The number of carbonyl (C=O) groups excluding carboxylic acids is 1. The number of carbonyl (C=O) groups is 1. The van der Waals surface area contributed by atoms with E-state index in [1.54, 1.807) is 16.8 Å². The second-order valence-corrected chi connectivity index (χ2v) is 9.46. The fraction of sp³-hybridized carbons (Fsp3) is 0.304. The van der Waals surface area contributed by atoms with Gasteiger partial charge < -0.3 is 0 Å². The Morgan fingerprint density at radius 3 is 2.47 bits per heavy atom. The fourth-order valence-electron chi connectivity index (χ4n) is 3.77. The predicted molar refractivity (Wildman–Crippen MR) is 115 cm³/mol. The minimum absolute atomic E-state index is 0.0691. The van der Waals surface area contributed by atoms with Gasteiger partial charge in [-0.1, -0.05) is 48.0 Å². The molecule has 1 unspecified atom stereocenters. The Hall–Kier alpha value is -2.93. The molecule has 1 aliphatic carbocycles. The summed E-state index contributed by atoms with van der Waals surface area (Å²) < 4.78 is 29.5. The van der Waals surface area contributed by atoms with E-state index >= 15 is 0 Å². The Kier molecular flexibility index (Phi) is 5.72. The summed E-state index contributed by atoms with van der Waals surface area (Å²) in [6.45, 7) is 1.88. The van der Waals surface area contributed by atoms with Gasteiger partial charge in [0.05, 0.1) is 10.6 Å². The van der Waals surface area contributed by atoms with Crippen molar-refractivity contribution >= 4 is 15.9 Å². The van der Waals surface area contributed by atoms with Crippen molar-refractivity contribution in [3.05, 3.63) is 83.2 Å². The van der Waals surface area contributed by atoms with Gasteiger partial charge in [0.15, 0.2) is 0 Å². The van der Waals surface area contributed by atoms with E-state index in [9.17, 15) is 13.2 Å². The Balaban J connectivity index is 1.63. The Morgan fingerprint density at radius 2 is 1.77 bits per heavy atom. The van der Waals surface area contributed by atoms with Crippen LogP contribution in [0.5, 0.6) is 0 Å². The van der Waals surface area contributed by atoms with E-state index in [-0.39, 0.29) is 4.90 Å². The van der Waals surface area contributed by atoms with Gasteiger partial charge in [0.2, 0.25) is 0 Å². The van der Waals surface area contributed by atoms with Crippen molar-refractivity contribution in [2.24, 2.45) is 0 Å². The molecule has 156 valence electrons. The van der Waals surface area contributed by atoms with Crippen molar-refractivity contribution in [1.82, 2.24) is 14.5 Å². The minimum atomic E-state index is -3.96. The molecule has 4 rings (SSSR count). The molecule has 0 bridgehead atoms. The van der Waals surface area contributed by atoms with Gasteiger partial charge in [0, 0.05) is 12.6 Å². The van der Waals surface area contributed by atoms with Gasteiger partial charge in [0.25, 0.3) is 15.9 Å². The largest absolute Gasteiger partial charge is 0.272 e. The summed E-state index contributed by atoms with van der Waals surface area (Å²) >= 11 is 0. The SMILES string of the molecule is Cc1ccc(S(=O)(=O)NC(=O)C(Cc2ccccc2)n2cc3c(n2)CCCC3)cc1. The molecule has 0 spiro atoms. The van der Waals surface area contributed by atoms with Crippen LogP contribution >= 0.6 is 0 Å². The van der Waals surface area contributed by atoms with Crippen LogP contribution < -0.4 is 4.72 Å². The molecule has 30 heavy (non-hydrogen) atoms. The molecule has 2 aromatic carbocycles. The normalized spacial score (nSPS) is 14.7. The van der Waals surface area contributed by atoms with Crippen LogP contribution in [0.25, 0.3) is 0 Å². The van der Waals surface area contributed by atoms with Gasteiger partial charge in [-0.2, -0.15) is 5.10 Å². The Labute approximate surface area is 177 Å². The third kappa shape index (κ3) is 4.46.